The lowest BCUT2D eigenvalue weighted by Gasteiger charge is -2.02. The molecule has 4 nitrogen and oxygen atoms in total. The van der Waals surface area contributed by atoms with Crippen LogP contribution in [0.1, 0.15) is 29.3 Å². The van der Waals surface area contributed by atoms with E-state index in [1.165, 1.54) is 18.9 Å². The van der Waals surface area contributed by atoms with E-state index in [1.807, 2.05) is 12.2 Å². The Kier molecular flexibility index (Phi) is 6.14. The molecule has 0 radical (unpaired) electrons. The van der Waals surface area contributed by atoms with Gasteiger partial charge < -0.3 is 4.74 Å². The second-order valence-corrected chi connectivity index (χ2v) is 4.76. The van der Waals surface area contributed by atoms with Crippen LogP contribution in [-0.4, -0.2) is 28.9 Å². The molecule has 0 unspecified atom stereocenters. The molecule has 0 amide bonds. The monoisotopic (exact) mass is 265 g/mol. The number of thioether (sulfide) groups is 1. The zero-order valence-electron chi connectivity index (χ0n) is 10.4. The fourth-order valence-corrected chi connectivity index (χ4v) is 1.86. The Labute approximate surface area is 110 Å². The molecule has 0 aliphatic heterocycles. The van der Waals surface area contributed by atoms with Crippen molar-refractivity contribution < 1.29 is 14.3 Å². The van der Waals surface area contributed by atoms with Crippen molar-refractivity contribution in [3.05, 3.63) is 35.7 Å². The molecule has 0 N–H and O–H groups in total. The molecule has 1 aromatic heterocycles. The highest BCUT2D eigenvalue weighted by Gasteiger charge is 2.08. The zero-order valence-corrected chi connectivity index (χ0v) is 11.2. The Hall–Kier alpha value is -1.62. The molecule has 0 aliphatic rings. The van der Waals surface area contributed by atoms with Crippen molar-refractivity contribution in [2.24, 2.45) is 0 Å². The number of methoxy groups -OCH3 is 1. The van der Waals surface area contributed by atoms with E-state index in [4.69, 9.17) is 0 Å². The number of nitrogens with zero attached hydrogens (tertiary/aromatic N) is 1. The Morgan fingerprint density at radius 2 is 2.28 bits per heavy atom. The second kappa shape index (κ2) is 7.66. The largest absolute Gasteiger partial charge is 0.465 e. The summed E-state index contributed by atoms with van der Waals surface area (Å²) in [6, 6.07) is 1.62. The topological polar surface area (TPSA) is 56.3 Å². The summed E-state index contributed by atoms with van der Waals surface area (Å²) < 4.78 is 4.69. The highest BCUT2D eigenvalue weighted by molar-refractivity contribution is 8.13. The normalized spacial score (nSPS) is 10.6. The fourth-order valence-electron chi connectivity index (χ4n) is 1.32. The van der Waals surface area contributed by atoms with Crippen LogP contribution in [0.3, 0.4) is 0 Å². The minimum Gasteiger partial charge on any atom is -0.465 e. The van der Waals surface area contributed by atoms with Gasteiger partial charge in [0.25, 0.3) is 0 Å². The number of hydrogen-bond donors (Lipinski definition) is 0. The summed E-state index contributed by atoms with van der Waals surface area (Å²) in [6.45, 7) is 1.55. The number of hydrogen-bond acceptors (Lipinski definition) is 5. The summed E-state index contributed by atoms with van der Waals surface area (Å²) in [5, 5.41) is 0.111. The zero-order chi connectivity index (χ0) is 13.4. The molecular weight excluding hydrogens is 250 g/mol. The molecule has 0 bridgehead atoms. The van der Waals surface area contributed by atoms with Crippen molar-refractivity contribution in [2.45, 2.75) is 13.3 Å². The van der Waals surface area contributed by atoms with Gasteiger partial charge in [-0.2, -0.15) is 0 Å². The van der Waals surface area contributed by atoms with E-state index < -0.39 is 0 Å². The van der Waals surface area contributed by atoms with Crippen molar-refractivity contribution in [2.75, 3.05) is 12.9 Å². The lowest BCUT2D eigenvalue weighted by atomic mass is 10.1. The fraction of sp³-hybridized carbons (Fsp3) is 0.308. The Bertz CT molecular complexity index is 457. The van der Waals surface area contributed by atoms with Crippen LogP contribution in [0.2, 0.25) is 0 Å². The van der Waals surface area contributed by atoms with Gasteiger partial charge in [0.2, 0.25) is 0 Å². The van der Waals surface area contributed by atoms with Crippen molar-refractivity contribution in [3.8, 4) is 0 Å². The summed E-state index contributed by atoms with van der Waals surface area (Å²) in [5.41, 5.74) is 1.21. The molecule has 0 aromatic carbocycles. The molecule has 96 valence electrons. The minimum absolute atomic E-state index is 0.111. The first kappa shape index (κ1) is 14.4. The maximum Gasteiger partial charge on any atom is 0.338 e. The number of ether oxygens (including phenoxy) is 1. The maximum absolute atomic E-state index is 11.5. The summed E-state index contributed by atoms with van der Waals surface area (Å²) in [5.74, 6) is 0.356. The number of pyridine rings is 1. The second-order valence-electron chi connectivity index (χ2n) is 3.49. The van der Waals surface area contributed by atoms with Gasteiger partial charge in [-0.25, -0.2) is 4.79 Å². The van der Waals surface area contributed by atoms with Gasteiger partial charge in [-0.1, -0.05) is 23.9 Å². The third-order valence-corrected chi connectivity index (χ3v) is 2.99. The van der Waals surface area contributed by atoms with Crippen LogP contribution in [0.15, 0.2) is 24.5 Å². The number of aromatic nitrogens is 1. The Morgan fingerprint density at radius 1 is 1.50 bits per heavy atom. The lowest BCUT2D eigenvalue weighted by molar-refractivity contribution is -0.109. The average Bonchev–Trinajstić information content (AvgIpc) is 2.37. The smallest absolute Gasteiger partial charge is 0.338 e. The van der Waals surface area contributed by atoms with Crippen LogP contribution in [-0.2, 0) is 9.53 Å². The highest BCUT2D eigenvalue weighted by atomic mass is 32.2. The lowest BCUT2D eigenvalue weighted by Crippen LogP contribution is -2.03. The average molecular weight is 265 g/mol. The first-order chi connectivity index (χ1) is 8.65. The van der Waals surface area contributed by atoms with Gasteiger partial charge in [0, 0.05) is 30.6 Å². The number of allylic oxidation sites excluding steroid dienone is 1. The standard InChI is InChI=1S/C13H15NO3S/c1-10(15)18-8-4-3-5-11-9-14-7-6-12(11)13(16)17-2/h3,5-7,9H,4,8H2,1-2H3. The Balaban J connectivity index is 2.63. The predicted molar refractivity (Wildman–Crippen MR) is 72.4 cm³/mol. The third kappa shape index (κ3) is 4.71. The van der Waals surface area contributed by atoms with Crippen molar-refractivity contribution in [1.82, 2.24) is 4.98 Å². The van der Waals surface area contributed by atoms with Crippen molar-refractivity contribution in [3.63, 3.8) is 0 Å². The van der Waals surface area contributed by atoms with Crippen LogP contribution in [0.25, 0.3) is 6.08 Å². The molecule has 0 aliphatic carbocycles. The van der Waals surface area contributed by atoms with E-state index >= 15 is 0 Å². The quantitative estimate of drug-likeness (QED) is 0.605. The maximum atomic E-state index is 11.5. The molecule has 0 saturated carbocycles. The van der Waals surface area contributed by atoms with E-state index in [9.17, 15) is 9.59 Å². The summed E-state index contributed by atoms with van der Waals surface area (Å²) in [4.78, 5) is 26.2. The summed E-state index contributed by atoms with van der Waals surface area (Å²) in [6.07, 6.45) is 7.66. The molecule has 0 fully saturated rings. The molecular formula is C13H15NO3S. The minimum atomic E-state index is -0.379. The first-order valence-corrected chi connectivity index (χ1v) is 6.46. The van der Waals surface area contributed by atoms with Gasteiger partial charge in [-0.05, 0) is 12.5 Å². The predicted octanol–water partition coefficient (Wildman–Crippen LogP) is 2.55. The summed E-state index contributed by atoms with van der Waals surface area (Å²) >= 11 is 1.28. The van der Waals surface area contributed by atoms with Crippen LogP contribution >= 0.6 is 11.8 Å². The molecule has 0 spiro atoms. The van der Waals surface area contributed by atoms with Crippen LogP contribution in [0.5, 0.6) is 0 Å². The highest BCUT2D eigenvalue weighted by Crippen LogP contribution is 2.11. The van der Waals surface area contributed by atoms with E-state index in [0.717, 1.165) is 17.7 Å². The van der Waals surface area contributed by atoms with Gasteiger partial charge in [0.1, 0.15) is 0 Å². The van der Waals surface area contributed by atoms with Crippen molar-refractivity contribution in [1.29, 1.82) is 0 Å². The van der Waals surface area contributed by atoms with Gasteiger partial charge in [-0.3, -0.25) is 9.78 Å². The number of rotatable bonds is 5. The van der Waals surface area contributed by atoms with Gasteiger partial charge in [0.15, 0.2) is 5.12 Å². The van der Waals surface area contributed by atoms with Gasteiger partial charge in [0.05, 0.1) is 12.7 Å². The molecule has 0 atom stereocenters. The third-order valence-electron chi connectivity index (χ3n) is 2.14. The first-order valence-electron chi connectivity index (χ1n) is 5.47. The van der Waals surface area contributed by atoms with Gasteiger partial charge in [-0.15, -0.1) is 0 Å². The van der Waals surface area contributed by atoms with E-state index in [2.05, 4.69) is 9.72 Å². The van der Waals surface area contributed by atoms with E-state index in [0.29, 0.717) is 5.56 Å². The molecule has 1 rings (SSSR count). The van der Waals surface area contributed by atoms with Crippen LogP contribution < -0.4 is 0 Å². The molecule has 1 aromatic rings. The molecule has 1 heterocycles. The number of carbonyl (C=O) groups excluding carboxylic acids is 2. The number of esters is 1. The molecule has 0 saturated heterocycles. The van der Waals surface area contributed by atoms with Crippen molar-refractivity contribution >= 4 is 28.9 Å². The molecule has 5 heteroatoms. The van der Waals surface area contributed by atoms with Crippen LogP contribution in [0, 0.1) is 0 Å². The number of carbonyl (C=O) groups is 2. The Morgan fingerprint density at radius 3 is 2.94 bits per heavy atom. The van der Waals surface area contributed by atoms with E-state index in [-0.39, 0.29) is 11.1 Å². The summed E-state index contributed by atoms with van der Waals surface area (Å²) in [7, 11) is 1.35. The van der Waals surface area contributed by atoms with Crippen LogP contribution in [0.4, 0.5) is 0 Å². The van der Waals surface area contributed by atoms with E-state index in [1.54, 1.807) is 25.4 Å². The SMILES string of the molecule is COC(=O)c1ccncc1C=CCCSC(C)=O. The van der Waals surface area contributed by atoms with Gasteiger partial charge >= 0.3 is 5.97 Å². The molecule has 18 heavy (non-hydrogen) atoms.